The average molecular weight is 253 g/mol. The molecule has 0 amide bonds. The predicted molar refractivity (Wildman–Crippen MR) is 62.1 cm³/mol. The molecule has 1 unspecified atom stereocenters. The van der Waals surface area contributed by atoms with Gasteiger partial charge in [0.05, 0.1) is 0 Å². The fourth-order valence-corrected chi connectivity index (χ4v) is 1.96. The molecule has 1 atom stereocenters. The molecule has 0 aliphatic carbocycles. The van der Waals surface area contributed by atoms with Crippen LogP contribution in [0.2, 0.25) is 0 Å². The summed E-state index contributed by atoms with van der Waals surface area (Å²) in [5.74, 6) is 0. The highest BCUT2D eigenvalue weighted by Crippen LogP contribution is 2.22. The van der Waals surface area contributed by atoms with Crippen LogP contribution in [0.3, 0.4) is 0 Å². The molecule has 0 radical (unpaired) electrons. The fourth-order valence-electron chi connectivity index (χ4n) is 1.96. The molecule has 0 saturated carbocycles. The number of nitrogens with one attached hydrogen (secondary N) is 2. The molecule has 1 fully saturated rings. The maximum atomic E-state index is 12.6. The van der Waals surface area contributed by atoms with E-state index in [1.54, 1.807) is 0 Å². The van der Waals surface area contributed by atoms with Crippen LogP contribution in [0.15, 0.2) is 0 Å². The molecule has 1 saturated heterocycles. The van der Waals surface area contributed by atoms with Crippen molar-refractivity contribution in [2.24, 2.45) is 0 Å². The normalized spacial score (nSPS) is 27.2. The molecular weight excluding hydrogens is 231 g/mol. The Morgan fingerprint density at radius 2 is 1.71 bits per heavy atom. The first-order chi connectivity index (χ1) is 8.00. The molecule has 1 heterocycles. The number of nitrogens with zero attached hydrogens (tertiary/aromatic N) is 1. The van der Waals surface area contributed by atoms with Crippen molar-refractivity contribution in [2.45, 2.75) is 31.5 Å². The van der Waals surface area contributed by atoms with E-state index in [0.29, 0.717) is 13.1 Å². The standard InChI is InChI=1S/C11H22F3N3/c1-17-8-2-5-15-7-4-10(11(12,13)14)16-6-3-9-17/h10,15-16H,2-9H2,1H3. The highest BCUT2D eigenvalue weighted by molar-refractivity contribution is 4.76. The summed E-state index contributed by atoms with van der Waals surface area (Å²) >= 11 is 0. The summed E-state index contributed by atoms with van der Waals surface area (Å²) in [5, 5.41) is 5.67. The number of alkyl halides is 3. The molecule has 1 aliphatic rings. The van der Waals surface area contributed by atoms with Crippen molar-refractivity contribution < 1.29 is 13.2 Å². The Morgan fingerprint density at radius 1 is 1.06 bits per heavy atom. The van der Waals surface area contributed by atoms with Gasteiger partial charge in [0.15, 0.2) is 0 Å². The zero-order chi connectivity index (χ0) is 12.7. The van der Waals surface area contributed by atoms with Crippen LogP contribution >= 0.6 is 0 Å². The van der Waals surface area contributed by atoms with Crippen LogP contribution in [0.25, 0.3) is 0 Å². The third-order valence-corrected chi connectivity index (χ3v) is 3.01. The summed E-state index contributed by atoms with van der Waals surface area (Å²) in [6.45, 7) is 3.47. The third-order valence-electron chi connectivity index (χ3n) is 3.01. The molecular formula is C11H22F3N3. The monoisotopic (exact) mass is 253 g/mol. The minimum Gasteiger partial charge on any atom is -0.317 e. The predicted octanol–water partition coefficient (Wildman–Crippen LogP) is 1.21. The van der Waals surface area contributed by atoms with Crippen molar-refractivity contribution in [1.82, 2.24) is 15.5 Å². The number of hydrogen-bond acceptors (Lipinski definition) is 3. The van der Waals surface area contributed by atoms with E-state index in [0.717, 1.165) is 32.5 Å². The van der Waals surface area contributed by atoms with Gasteiger partial charge in [0.1, 0.15) is 6.04 Å². The van der Waals surface area contributed by atoms with Crippen molar-refractivity contribution in [2.75, 3.05) is 39.8 Å². The topological polar surface area (TPSA) is 27.3 Å². The SMILES string of the molecule is CN1CCCNCCC(C(F)(F)F)NCCC1. The number of halogens is 3. The van der Waals surface area contributed by atoms with Crippen LogP contribution in [0.5, 0.6) is 0 Å². The first kappa shape index (κ1) is 14.7. The third kappa shape index (κ3) is 6.24. The van der Waals surface area contributed by atoms with Crippen LogP contribution in [0.4, 0.5) is 13.2 Å². The van der Waals surface area contributed by atoms with Crippen LogP contribution in [0.1, 0.15) is 19.3 Å². The van der Waals surface area contributed by atoms with Crippen LogP contribution in [-0.4, -0.2) is 56.9 Å². The van der Waals surface area contributed by atoms with E-state index in [1.807, 2.05) is 7.05 Å². The lowest BCUT2D eigenvalue weighted by atomic mass is 10.2. The van der Waals surface area contributed by atoms with E-state index in [-0.39, 0.29) is 6.42 Å². The van der Waals surface area contributed by atoms with E-state index in [4.69, 9.17) is 0 Å². The highest BCUT2D eigenvalue weighted by atomic mass is 19.4. The van der Waals surface area contributed by atoms with E-state index >= 15 is 0 Å². The molecule has 0 spiro atoms. The molecule has 0 bridgehead atoms. The summed E-state index contributed by atoms with van der Waals surface area (Å²) in [6.07, 6.45) is -2.28. The van der Waals surface area contributed by atoms with E-state index in [2.05, 4.69) is 15.5 Å². The van der Waals surface area contributed by atoms with Gasteiger partial charge in [-0.1, -0.05) is 0 Å². The molecule has 0 aromatic rings. The van der Waals surface area contributed by atoms with Gasteiger partial charge < -0.3 is 15.5 Å². The Kier molecular flexibility index (Phi) is 6.22. The molecule has 17 heavy (non-hydrogen) atoms. The Labute approximate surface area is 101 Å². The van der Waals surface area contributed by atoms with Crippen molar-refractivity contribution in [3.05, 3.63) is 0 Å². The summed E-state index contributed by atoms with van der Waals surface area (Å²) in [6, 6.07) is -1.38. The Hall–Kier alpha value is -0.330. The average Bonchev–Trinajstić information content (AvgIpc) is 2.21. The van der Waals surface area contributed by atoms with Crippen molar-refractivity contribution >= 4 is 0 Å². The van der Waals surface area contributed by atoms with Crippen molar-refractivity contribution in [3.63, 3.8) is 0 Å². The fraction of sp³-hybridized carbons (Fsp3) is 1.00. The van der Waals surface area contributed by atoms with Crippen molar-refractivity contribution in [1.29, 1.82) is 0 Å². The van der Waals surface area contributed by atoms with Gasteiger partial charge in [-0.25, -0.2) is 0 Å². The first-order valence-corrected chi connectivity index (χ1v) is 6.19. The van der Waals surface area contributed by atoms with E-state index < -0.39 is 12.2 Å². The van der Waals surface area contributed by atoms with Crippen molar-refractivity contribution in [3.8, 4) is 0 Å². The quantitative estimate of drug-likeness (QED) is 0.679. The minimum atomic E-state index is -4.14. The van der Waals surface area contributed by atoms with Crippen LogP contribution in [-0.2, 0) is 0 Å². The second-order valence-corrected chi connectivity index (χ2v) is 4.60. The molecule has 2 N–H and O–H groups in total. The maximum Gasteiger partial charge on any atom is 0.403 e. The maximum absolute atomic E-state index is 12.6. The number of rotatable bonds is 0. The molecule has 102 valence electrons. The lowest BCUT2D eigenvalue weighted by Crippen LogP contribution is -2.45. The van der Waals surface area contributed by atoms with Gasteiger partial charge in [0.2, 0.25) is 0 Å². The highest BCUT2D eigenvalue weighted by Gasteiger charge is 2.38. The van der Waals surface area contributed by atoms with Gasteiger partial charge in [-0.2, -0.15) is 13.2 Å². The van der Waals surface area contributed by atoms with Gasteiger partial charge >= 0.3 is 6.18 Å². The van der Waals surface area contributed by atoms with Gasteiger partial charge in [-0.3, -0.25) is 0 Å². The Bertz CT molecular complexity index is 209. The van der Waals surface area contributed by atoms with Gasteiger partial charge in [0.25, 0.3) is 0 Å². The summed E-state index contributed by atoms with van der Waals surface area (Å²) in [5.41, 5.74) is 0. The lowest BCUT2D eigenvalue weighted by Gasteiger charge is -2.24. The largest absolute Gasteiger partial charge is 0.403 e. The Balaban J connectivity index is 2.42. The summed E-state index contributed by atoms with van der Waals surface area (Å²) < 4.78 is 37.9. The molecule has 6 heteroatoms. The van der Waals surface area contributed by atoms with Crippen LogP contribution in [0, 0.1) is 0 Å². The molecule has 3 nitrogen and oxygen atoms in total. The molecule has 0 aromatic heterocycles. The minimum absolute atomic E-state index is 0.110. The molecule has 1 rings (SSSR count). The zero-order valence-electron chi connectivity index (χ0n) is 10.3. The number of hydrogen-bond donors (Lipinski definition) is 2. The van der Waals surface area contributed by atoms with Gasteiger partial charge in [-0.05, 0) is 59.0 Å². The van der Waals surface area contributed by atoms with E-state index in [1.165, 1.54) is 0 Å². The summed E-state index contributed by atoms with van der Waals surface area (Å²) in [7, 11) is 2.01. The first-order valence-electron chi connectivity index (χ1n) is 6.19. The van der Waals surface area contributed by atoms with Gasteiger partial charge in [0, 0.05) is 0 Å². The Morgan fingerprint density at radius 3 is 2.35 bits per heavy atom. The lowest BCUT2D eigenvalue weighted by molar-refractivity contribution is -0.157. The molecule has 0 aromatic carbocycles. The van der Waals surface area contributed by atoms with Gasteiger partial charge in [-0.15, -0.1) is 0 Å². The smallest absolute Gasteiger partial charge is 0.317 e. The summed E-state index contributed by atoms with van der Waals surface area (Å²) in [4.78, 5) is 2.16. The second-order valence-electron chi connectivity index (χ2n) is 4.60. The molecule has 1 aliphatic heterocycles. The van der Waals surface area contributed by atoms with Crippen LogP contribution < -0.4 is 10.6 Å². The zero-order valence-corrected chi connectivity index (χ0v) is 10.3. The van der Waals surface area contributed by atoms with E-state index in [9.17, 15) is 13.2 Å². The second kappa shape index (κ2) is 7.18.